The number of benzene rings is 2. The monoisotopic (exact) mass is 558 g/mol. The molecule has 0 saturated carbocycles. The minimum absolute atomic E-state index is 0.127. The van der Waals surface area contributed by atoms with Gasteiger partial charge >= 0.3 is 0 Å². The number of nitrogens with zero attached hydrogens (tertiary/aromatic N) is 4. The molecule has 9 nitrogen and oxygen atoms in total. The molecular formula is C32H42N6O3. The lowest BCUT2D eigenvalue weighted by Gasteiger charge is -2.35. The van der Waals surface area contributed by atoms with Gasteiger partial charge in [0.15, 0.2) is 5.82 Å². The Hall–Kier alpha value is -3.24. The molecule has 2 aromatic carbocycles. The Kier molecular flexibility index (Phi) is 8.39. The van der Waals surface area contributed by atoms with Crippen LogP contribution in [-0.4, -0.2) is 87.3 Å². The molecule has 218 valence electrons. The Morgan fingerprint density at radius 2 is 1.93 bits per heavy atom. The summed E-state index contributed by atoms with van der Waals surface area (Å²) in [6.07, 6.45) is 3.61. The van der Waals surface area contributed by atoms with Crippen molar-refractivity contribution >= 4 is 17.3 Å². The van der Waals surface area contributed by atoms with E-state index in [1.807, 2.05) is 31.3 Å². The summed E-state index contributed by atoms with van der Waals surface area (Å²) in [5.41, 5.74) is 3.69. The van der Waals surface area contributed by atoms with E-state index in [4.69, 9.17) is 19.4 Å². The van der Waals surface area contributed by atoms with E-state index >= 15 is 0 Å². The number of hydrogen-bond donors (Lipinski definition) is 3. The Morgan fingerprint density at radius 1 is 1.12 bits per heavy atom. The summed E-state index contributed by atoms with van der Waals surface area (Å²) in [4.78, 5) is 15.0. The normalized spacial score (nSPS) is 19.2. The third kappa shape index (κ3) is 5.90. The van der Waals surface area contributed by atoms with Crippen LogP contribution in [0.3, 0.4) is 0 Å². The highest BCUT2D eigenvalue weighted by molar-refractivity contribution is 5.74. The number of rotatable bonds is 9. The van der Waals surface area contributed by atoms with Crippen LogP contribution in [0.25, 0.3) is 11.4 Å². The first-order valence-electron chi connectivity index (χ1n) is 14.9. The molecular weight excluding hydrogens is 516 g/mol. The number of likely N-dealkylation sites (N-methyl/N-ethyl adjacent to an activating group) is 1. The molecule has 1 unspecified atom stereocenters. The van der Waals surface area contributed by atoms with E-state index in [0.717, 1.165) is 75.7 Å². The molecule has 3 aliphatic rings. The number of aliphatic hydroxyl groups excluding tert-OH is 1. The fourth-order valence-electron chi connectivity index (χ4n) is 6.51. The number of anilines is 3. The summed E-state index contributed by atoms with van der Waals surface area (Å²) in [5, 5.41) is 16.7. The first-order chi connectivity index (χ1) is 20.1. The van der Waals surface area contributed by atoms with Gasteiger partial charge in [0.05, 0.1) is 0 Å². The molecule has 0 aliphatic carbocycles. The average molecular weight is 559 g/mol. The van der Waals surface area contributed by atoms with Gasteiger partial charge in [0.25, 0.3) is 0 Å². The predicted molar refractivity (Wildman–Crippen MR) is 162 cm³/mol. The molecule has 9 heteroatoms. The largest absolute Gasteiger partial charge is 0.491 e. The molecule has 0 radical (unpaired) electrons. The number of fused-ring (bicyclic) bond motifs is 2. The van der Waals surface area contributed by atoms with Crippen LogP contribution < -0.4 is 25.2 Å². The lowest BCUT2D eigenvalue weighted by molar-refractivity contribution is 0.0853. The van der Waals surface area contributed by atoms with Gasteiger partial charge in [-0.2, -0.15) is 0 Å². The Balaban J connectivity index is 1.38. The Bertz CT molecular complexity index is 1320. The maximum Gasteiger partial charge on any atom is 0.164 e. The van der Waals surface area contributed by atoms with Crippen LogP contribution in [0.5, 0.6) is 5.75 Å². The highest BCUT2D eigenvalue weighted by Gasteiger charge is 2.44. The van der Waals surface area contributed by atoms with Crippen LogP contribution in [0.15, 0.2) is 54.6 Å². The maximum absolute atomic E-state index is 10.1. The van der Waals surface area contributed by atoms with E-state index in [-0.39, 0.29) is 12.0 Å². The number of para-hydroxylation sites is 1. The average Bonchev–Trinajstić information content (AvgIpc) is 3.34. The Morgan fingerprint density at radius 3 is 2.73 bits per heavy atom. The van der Waals surface area contributed by atoms with Crippen molar-refractivity contribution in [2.45, 2.75) is 43.2 Å². The van der Waals surface area contributed by atoms with Gasteiger partial charge in [-0.25, -0.2) is 9.97 Å². The zero-order chi connectivity index (χ0) is 28.2. The topological polar surface area (TPSA) is 95.0 Å². The van der Waals surface area contributed by atoms with Gasteiger partial charge in [-0.15, -0.1) is 0 Å². The molecule has 1 spiro atoms. The standard InChI is InChI=1S/C32H42N6O3/c1-33-20-25(39)21-41-26-7-5-6-23(18-26)31-35-29(37(2)24-10-16-40-17-11-24)19-30(36-31)38-22-32(12-14-34-15-13-32)27-8-3-4-9-28(27)38/h3-9,18-19,24-25,33-34,39H,10-17,20-22H2,1-2H3. The van der Waals surface area contributed by atoms with Crippen molar-refractivity contribution in [1.82, 2.24) is 20.6 Å². The van der Waals surface area contributed by atoms with Gasteiger partial charge in [0.2, 0.25) is 0 Å². The molecule has 6 rings (SSSR count). The zero-order valence-electron chi connectivity index (χ0n) is 24.2. The van der Waals surface area contributed by atoms with E-state index in [9.17, 15) is 5.11 Å². The van der Waals surface area contributed by atoms with Crippen molar-refractivity contribution in [3.63, 3.8) is 0 Å². The highest BCUT2D eigenvalue weighted by Crippen LogP contribution is 2.48. The van der Waals surface area contributed by atoms with Crippen molar-refractivity contribution in [1.29, 1.82) is 0 Å². The molecule has 0 bridgehead atoms. The number of hydrogen-bond acceptors (Lipinski definition) is 9. The van der Waals surface area contributed by atoms with E-state index < -0.39 is 6.10 Å². The van der Waals surface area contributed by atoms with Crippen LogP contribution in [0.2, 0.25) is 0 Å². The molecule has 2 fully saturated rings. The third-order valence-electron chi connectivity index (χ3n) is 8.84. The zero-order valence-corrected chi connectivity index (χ0v) is 24.2. The number of aromatic nitrogens is 2. The predicted octanol–water partition coefficient (Wildman–Crippen LogP) is 3.49. The first kappa shape index (κ1) is 27.9. The summed E-state index contributed by atoms with van der Waals surface area (Å²) in [6, 6.07) is 19.2. The summed E-state index contributed by atoms with van der Waals surface area (Å²) in [6.45, 7) is 5.21. The molecule has 1 atom stereocenters. The third-order valence-corrected chi connectivity index (χ3v) is 8.84. The van der Waals surface area contributed by atoms with Crippen molar-refractivity contribution in [3.05, 3.63) is 60.2 Å². The van der Waals surface area contributed by atoms with Gasteiger partial charge in [-0.05, 0) is 69.6 Å². The fourth-order valence-corrected chi connectivity index (χ4v) is 6.51. The van der Waals surface area contributed by atoms with Gasteiger partial charge in [0.1, 0.15) is 30.1 Å². The molecule has 1 aromatic heterocycles. The van der Waals surface area contributed by atoms with Crippen LogP contribution in [-0.2, 0) is 10.2 Å². The van der Waals surface area contributed by atoms with E-state index in [1.54, 1.807) is 0 Å². The van der Waals surface area contributed by atoms with E-state index in [0.29, 0.717) is 24.2 Å². The highest BCUT2D eigenvalue weighted by atomic mass is 16.5. The van der Waals surface area contributed by atoms with E-state index in [1.165, 1.54) is 11.3 Å². The second-order valence-corrected chi connectivity index (χ2v) is 11.5. The minimum Gasteiger partial charge on any atom is -0.491 e. The first-order valence-corrected chi connectivity index (χ1v) is 14.9. The van der Waals surface area contributed by atoms with Crippen LogP contribution in [0, 0.1) is 0 Å². The molecule has 3 N–H and O–H groups in total. The fraction of sp³-hybridized carbons (Fsp3) is 0.500. The summed E-state index contributed by atoms with van der Waals surface area (Å²) in [5.74, 6) is 3.19. The van der Waals surface area contributed by atoms with Crippen molar-refractivity contribution in [2.75, 3.05) is 69.9 Å². The number of aliphatic hydroxyl groups is 1. The quantitative estimate of drug-likeness (QED) is 0.365. The van der Waals surface area contributed by atoms with Crippen molar-refractivity contribution < 1.29 is 14.6 Å². The number of nitrogens with one attached hydrogen (secondary N) is 2. The molecule has 3 aliphatic heterocycles. The van der Waals surface area contributed by atoms with Gasteiger partial charge in [-0.1, -0.05) is 30.3 Å². The number of ether oxygens (including phenoxy) is 2. The van der Waals surface area contributed by atoms with Crippen LogP contribution in [0.1, 0.15) is 31.2 Å². The molecule has 2 saturated heterocycles. The Labute approximate surface area is 242 Å². The number of piperidine rings is 1. The smallest absolute Gasteiger partial charge is 0.164 e. The molecule has 41 heavy (non-hydrogen) atoms. The van der Waals surface area contributed by atoms with E-state index in [2.05, 4.69) is 57.8 Å². The van der Waals surface area contributed by atoms with Crippen molar-refractivity contribution in [3.8, 4) is 17.1 Å². The maximum atomic E-state index is 10.1. The minimum atomic E-state index is -0.583. The summed E-state index contributed by atoms with van der Waals surface area (Å²) >= 11 is 0. The van der Waals surface area contributed by atoms with Crippen LogP contribution >= 0.6 is 0 Å². The lowest BCUT2D eigenvalue weighted by atomic mass is 9.75. The lowest BCUT2D eigenvalue weighted by Crippen LogP contribution is -2.42. The van der Waals surface area contributed by atoms with Crippen molar-refractivity contribution in [2.24, 2.45) is 0 Å². The summed E-state index contributed by atoms with van der Waals surface area (Å²) < 4.78 is 11.6. The van der Waals surface area contributed by atoms with Gasteiger partial charge in [-0.3, -0.25) is 0 Å². The second kappa shape index (κ2) is 12.3. The SMILES string of the molecule is CNCC(O)COc1cccc(-c2nc(N3CC4(CCNCC4)c4ccccc43)cc(N(C)C3CCOCC3)n2)c1. The molecule has 3 aromatic rings. The molecule has 4 heterocycles. The second-order valence-electron chi connectivity index (χ2n) is 11.5. The van der Waals surface area contributed by atoms with Crippen LogP contribution in [0.4, 0.5) is 17.3 Å². The van der Waals surface area contributed by atoms with Gasteiger partial charge < -0.3 is 35.0 Å². The van der Waals surface area contributed by atoms with Gasteiger partial charge in [0, 0.05) is 62.1 Å². The molecule has 0 amide bonds. The summed E-state index contributed by atoms with van der Waals surface area (Å²) in [7, 11) is 3.95.